The number of aryl methyl sites for hydroxylation is 1. The molecule has 10 heteroatoms. The van der Waals surface area contributed by atoms with Crippen molar-refractivity contribution < 1.29 is 31.7 Å². The van der Waals surface area contributed by atoms with Crippen molar-refractivity contribution in [3.05, 3.63) is 59.4 Å². The third-order valence-corrected chi connectivity index (χ3v) is 6.91. The molecule has 1 heterocycles. The van der Waals surface area contributed by atoms with Gasteiger partial charge in [0.05, 0.1) is 18.0 Å². The maximum absolute atomic E-state index is 14.4. The van der Waals surface area contributed by atoms with Crippen LogP contribution in [0.25, 0.3) is 0 Å². The van der Waals surface area contributed by atoms with Gasteiger partial charge in [0, 0.05) is 24.2 Å². The van der Waals surface area contributed by atoms with E-state index in [2.05, 4.69) is 4.90 Å². The van der Waals surface area contributed by atoms with E-state index >= 15 is 0 Å². The molecule has 1 aliphatic rings. The van der Waals surface area contributed by atoms with Crippen LogP contribution in [-0.4, -0.2) is 61.5 Å². The molecule has 190 valence electrons. The Kier molecular flexibility index (Phi) is 8.24. The highest BCUT2D eigenvalue weighted by Crippen LogP contribution is 2.27. The van der Waals surface area contributed by atoms with Crippen LogP contribution >= 0.6 is 10.7 Å². The highest BCUT2D eigenvalue weighted by Gasteiger charge is 2.33. The van der Waals surface area contributed by atoms with Gasteiger partial charge in [-0.3, -0.25) is 4.90 Å². The SMILES string of the molecule is CC1=[N+](C(=O)OC(C)(C)C)CCN(CC(Oc2ccc(S(=O)(=O)Cl)cc2)c2ccc(C)c(F)c2)C1. The van der Waals surface area contributed by atoms with E-state index in [0.717, 1.165) is 5.71 Å². The Bertz CT molecular complexity index is 1220. The van der Waals surface area contributed by atoms with Crippen LogP contribution in [0.2, 0.25) is 0 Å². The minimum absolute atomic E-state index is 0.0343. The quantitative estimate of drug-likeness (QED) is 0.394. The minimum atomic E-state index is -3.85. The molecule has 0 saturated heterocycles. The molecule has 3 rings (SSSR count). The molecule has 7 nitrogen and oxygen atoms in total. The fraction of sp³-hybridized carbons (Fsp3) is 0.440. The van der Waals surface area contributed by atoms with Gasteiger partial charge in [0.2, 0.25) is 0 Å². The van der Waals surface area contributed by atoms with Crippen LogP contribution in [0.5, 0.6) is 5.75 Å². The molecule has 2 aromatic rings. The Morgan fingerprint density at radius 2 is 1.83 bits per heavy atom. The molecule has 2 aromatic carbocycles. The number of rotatable bonds is 6. The van der Waals surface area contributed by atoms with E-state index in [-0.39, 0.29) is 16.8 Å². The molecule has 0 radical (unpaired) electrons. The normalized spacial score (nSPS) is 16.2. The summed E-state index contributed by atoms with van der Waals surface area (Å²) in [5, 5.41) is 0. The maximum Gasteiger partial charge on any atom is 0.596 e. The van der Waals surface area contributed by atoms with Gasteiger partial charge in [-0.15, -0.1) is 4.58 Å². The van der Waals surface area contributed by atoms with Gasteiger partial charge in [-0.1, -0.05) is 12.1 Å². The third-order valence-electron chi connectivity index (χ3n) is 5.54. The van der Waals surface area contributed by atoms with Crippen molar-refractivity contribution in [3.8, 4) is 5.75 Å². The van der Waals surface area contributed by atoms with Crippen LogP contribution in [0.15, 0.2) is 47.4 Å². The number of halogens is 2. The second-order valence-corrected chi connectivity index (χ2v) is 12.2. The summed E-state index contributed by atoms with van der Waals surface area (Å²) in [6.07, 6.45) is -0.915. The van der Waals surface area contributed by atoms with Crippen molar-refractivity contribution in [1.29, 1.82) is 0 Å². The topological polar surface area (TPSA) is 75.9 Å². The molecule has 0 N–H and O–H groups in total. The van der Waals surface area contributed by atoms with Gasteiger partial charge in [-0.05, 0) is 69.2 Å². The van der Waals surface area contributed by atoms with Crippen LogP contribution in [-0.2, 0) is 13.8 Å². The highest BCUT2D eigenvalue weighted by atomic mass is 35.7. The summed E-state index contributed by atoms with van der Waals surface area (Å²) in [5.41, 5.74) is 1.44. The van der Waals surface area contributed by atoms with Crippen molar-refractivity contribution in [2.75, 3.05) is 26.2 Å². The standard InChI is InChI=1S/C25H31ClFN2O5S/c1-17-6-7-19(14-22(17)27)23(33-20-8-10-21(11-9-20)35(26,31)32)16-28-12-13-29(18(2)15-28)24(30)34-25(3,4)5/h6-11,14,23H,12-13,15-16H2,1-5H3/q+1. The average Bonchev–Trinajstić information content (AvgIpc) is 2.74. The second-order valence-electron chi connectivity index (χ2n) is 9.63. The first-order valence-electron chi connectivity index (χ1n) is 11.3. The predicted molar refractivity (Wildman–Crippen MR) is 132 cm³/mol. The molecular formula is C25H31ClFN2O5S+. The van der Waals surface area contributed by atoms with E-state index in [1.54, 1.807) is 17.6 Å². The van der Waals surface area contributed by atoms with E-state index < -0.39 is 20.8 Å². The van der Waals surface area contributed by atoms with Gasteiger partial charge in [0.15, 0.2) is 12.3 Å². The molecule has 1 unspecified atom stereocenters. The van der Waals surface area contributed by atoms with Gasteiger partial charge in [0.25, 0.3) is 9.05 Å². The monoisotopic (exact) mass is 525 g/mol. The van der Waals surface area contributed by atoms with Crippen LogP contribution in [0.3, 0.4) is 0 Å². The lowest BCUT2D eigenvalue weighted by Crippen LogP contribution is -2.48. The Labute approximate surface area is 210 Å². The van der Waals surface area contributed by atoms with Crippen molar-refractivity contribution in [1.82, 2.24) is 4.90 Å². The summed E-state index contributed by atoms with van der Waals surface area (Å²) in [6, 6.07) is 10.7. The molecule has 1 aliphatic heterocycles. The first kappa shape index (κ1) is 27.1. The summed E-state index contributed by atoms with van der Waals surface area (Å²) < 4.78 is 50.8. The molecule has 0 aliphatic carbocycles. The largest absolute Gasteiger partial charge is 0.596 e. The van der Waals surface area contributed by atoms with Crippen LogP contribution in [0.4, 0.5) is 9.18 Å². The van der Waals surface area contributed by atoms with Gasteiger partial charge >= 0.3 is 6.09 Å². The highest BCUT2D eigenvalue weighted by molar-refractivity contribution is 8.13. The van der Waals surface area contributed by atoms with Gasteiger partial charge < -0.3 is 9.47 Å². The number of carbonyl (C=O) groups excluding carboxylic acids is 1. The lowest BCUT2D eigenvalue weighted by molar-refractivity contribution is -0.458. The van der Waals surface area contributed by atoms with Crippen LogP contribution < -0.4 is 4.74 Å². The number of hydrogen-bond donors (Lipinski definition) is 0. The Hall–Kier alpha value is -2.49. The fourth-order valence-corrected chi connectivity index (χ4v) is 4.51. The summed E-state index contributed by atoms with van der Waals surface area (Å²) in [5.74, 6) is 0.0883. The predicted octanol–water partition coefficient (Wildman–Crippen LogP) is 4.91. The Morgan fingerprint density at radius 3 is 2.37 bits per heavy atom. The zero-order chi connectivity index (χ0) is 26.0. The molecule has 0 fully saturated rings. The zero-order valence-electron chi connectivity index (χ0n) is 20.5. The first-order chi connectivity index (χ1) is 16.2. The number of ether oxygens (including phenoxy) is 2. The van der Waals surface area contributed by atoms with E-state index in [9.17, 15) is 17.6 Å². The number of amides is 1. The maximum atomic E-state index is 14.4. The smallest absolute Gasteiger partial charge is 0.484 e. The van der Waals surface area contributed by atoms with Crippen molar-refractivity contribution in [2.24, 2.45) is 0 Å². The molecular weight excluding hydrogens is 495 g/mol. The molecule has 0 aromatic heterocycles. The van der Waals surface area contributed by atoms with Crippen molar-refractivity contribution in [2.45, 2.75) is 51.2 Å². The molecule has 35 heavy (non-hydrogen) atoms. The Morgan fingerprint density at radius 1 is 1.17 bits per heavy atom. The molecule has 0 bridgehead atoms. The molecule has 0 spiro atoms. The lowest BCUT2D eigenvalue weighted by Gasteiger charge is -2.30. The average molecular weight is 526 g/mol. The molecule has 0 saturated carbocycles. The second kappa shape index (κ2) is 10.6. The van der Waals surface area contributed by atoms with Gasteiger partial charge in [-0.2, -0.15) is 4.79 Å². The van der Waals surface area contributed by atoms with E-state index in [0.29, 0.717) is 43.1 Å². The summed E-state index contributed by atoms with van der Waals surface area (Å²) in [6.45, 7) is 11.0. The van der Waals surface area contributed by atoms with E-state index in [4.69, 9.17) is 20.2 Å². The number of benzene rings is 2. The minimum Gasteiger partial charge on any atom is -0.484 e. The molecule has 1 amide bonds. The van der Waals surface area contributed by atoms with Crippen molar-refractivity contribution >= 4 is 31.5 Å². The number of hydrogen-bond acceptors (Lipinski definition) is 6. The summed E-state index contributed by atoms with van der Waals surface area (Å²) in [7, 11) is 1.55. The first-order valence-corrected chi connectivity index (χ1v) is 13.6. The lowest BCUT2D eigenvalue weighted by atomic mass is 10.1. The molecule has 1 atom stereocenters. The Balaban J connectivity index is 1.81. The number of carbonyl (C=O) groups is 1. The van der Waals surface area contributed by atoms with Gasteiger partial charge in [-0.25, -0.2) is 12.8 Å². The summed E-state index contributed by atoms with van der Waals surface area (Å²) >= 11 is 0. The van der Waals surface area contributed by atoms with E-state index in [1.165, 1.54) is 30.3 Å². The van der Waals surface area contributed by atoms with Gasteiger partial charge in [0.1, 0.15) is 23.3 Å². The zero-order valence-corrected chi connectivity index (χ0v) is 22.1. The summed E-state index contributed by atoms with van der Waals surface area (Å²) in [4.78, 5) is 14.6. The fourth-order valence-electron chi connectivity index (χ4n) is 3.74. The number of nitrogens with zero attached hydrogens (tertiary/aromatic N) is 2. The van der Waals surface area contributed by atoms with Crippen LogP contribution in [0, 0.1) is 12.7 Å². The van der Waals surface area contributed by atoms with Crippen molar-refractivity contribution in [3.63, 3.8) is 0 Å². The van der Waals surface area contributed by atoms with E-state index in [1.807, 2.05) is 33.8 Å². The third kappa shape index (κ3) is 7.49. The van der Waals surface area contributed by atoms with Crippen LogP contribution in [0.1, 0.15) is 44.9 Å².